The van der Waals surface area contributed by atoms with Crippen LogP contribution in [-0.2, 0) is 10.0 Å². The van der Waals surface area contributed by atoms with E-state index in [1.165, 1.54) is 16.4 Å². The molecule has 0 aliphatic carbocycles. The van der Waals surface area contributed by atoms with Gasteiger partial charge in [0.15, 0.2) is 0 Å². The third-order valence-electron chi connectivity index (χ3n) is 5.10. The van der Waals surface area contributed by atoms with Gasteiger partial charge in [-0.3, -0.25) is 9.78 Å². The van der Waals surface area contributed by atoms with Gasteiger partial charge in [0, 0.05) is 25.8 Å². The second kappa shape index (κ2) is 5.85. The number of amides is 1. The number of aryl methyl sites for hydroxylation is 2. The molecule has 0 bridgehead atoms. The number of carbonyl (C=O) groups is 1. The van der Waals surface area contributed by atoms with Gasteiger partial charge in [-0.25, -0.2) is 12.8 Å². The average Bonchev–Trinajstić information content (AvgIpc) is 2.88. The predicted molar refractivity (Wildman–Crippen MR) is 92.6 cm³/mol. The average molecular weight is 375 g/mol. The van der Waals surface area contributed by atoms with Crippen molar-refractivity contribution in [1.82, 2.24) is 14.2 Å². The van der Waals surface area contributed by atoms with E-state index in [1.54, 1.807) is 31.0 Å². The number of hydrogen-bond acceptors (Lipinski definition) is 4. The summed E-state index contributed by atoms with van der Waals surface area (Å²) in [6, 6.07) is 5.13. The van der Waals surface area contributed by atoms with Gasteiger partial charge in [0.1, 0.15) is 5.82 Å². The molecule has 1 unspecified atom stereocenters. The second-order valence-corrected chi connectivity index (χ2v) is 8.55. The van der Waals surface area contributed by atoms with Crippen LogP contribution >= 0.6 is 0 Å². The maximum absolute atomic E-state index is 13.3. The molecule has 26 heavy (non-hydrogen) atoms. The Hall–Kier alpha value is -2.32. The first-order valence-corrected chi connectivity index (χ1v) is 9.77. The molecule has 2 aliphatic heterocycles. The highest BCUT2D eigenvalue weighted by Gasteiger charge is 2.44. The van der Waals surface area contributed by atoms with Gasteiger partial charge in [0.25, 0.3) is 5.91 Å². The van der Waals surface area contributed by atoms with E-state index in [-0.39, 0.29) is 29.9 Å². The van der Waals surface area contributed by atoms with Gasteiger partial charge in [0.05, 0.1) is 22.2 Å². The quantitative estimate of drug-likeness (QED) is 0.805. The predicted octanol–water partition coefficient (Wildman–Crippen LogP) is 2.04. The number of piperazine rings is 1. The highest BCUT2D eigenvalue weighted by molar-refractivity contribution is 7.89. The normalized spacial score (nSPS) is 20.2. The molecule has 1 aromatic heterocycles. The van der Waals surface area contributed by atoms with Crippen molar-refractivity contribution in [3.63, 3.8) is 0 Å². The number of nitrogens with zero attached hydrogens (tertiary/aromatic N) is 3. The van der Waals surface area contributed by atoms with E-state index in [0.29, 0.717) is 23.4 Å². The van der Waals surface area contributed by atoms with Gasteiger partial charge >= 0.3 is 0 Å². The molecule has 1 amide bonds. The standard InChI is InChI=1S/C18H18FN3O3S/c1-11-9-13(19)3-4-16(11)26(24,25)21-7-8-22-15(10-21)14-5-6-20-12(2)17(14)18(22)23/h3-6,9,15H,7-8,10H2,1-2H3. The molecule has 4 rings (SSSR count). The topological polar surface area (TPSA) is 70.6 Å². The van der Waals surface area contributed by atoms with Crippen molar-refractivity contribution >= 4 is 15.9 Å². The lowest BCUT2D eigenvalue weighted by Gasteiger charge is -2.37. The number of rotatable bonds is 2. The minimum absolute atomic E-state index is 0.0920. The molecule has 0 radical (unpaired) electrons. The number of benzene rings is 1. The Balaban J connectivity index is 1.71. The van der Waals surface area contributed by atoms with E-state index < -0.39 is 15.8 Å². The molecule has 1 saturated heterocycles. The Morgan fingerprint density at radius 2 is 1.96 bits per heavy atom. The summed E-state index contributed by atoms with van der Waals surface area (Å²) in [6.07, 6.45) is 1.64. The summed E-state index contributed by atoms with van der Waals surface area (Å²) in [7, 11) is -3.77. The third kappa shape index (κ3) is 2.44. The van der Waals surface area contributed by atoms with Crippen molar-refractivity contribution in [2.45, 2.75) is 24.8 Å². The second-order valence-electron chi connectivity index (χ2n) is 6.65. The van der Waals surface area contributed by atoms with Crippen molar-refractivity contribution in [3.8, 4) is 0 Å². The number of aromatic nitrogens is 1. The number of pyridine rings is 1. The van der Waals surface area contributed by atoms with Gasteiger partial charge in [-0.05, 0) is 49.2 Å². The van der Waals surface area contributed by atoms with E-state index in [2.05, 4.69) is 4.98 Å². The van der Waals surface area contributed by atoms with Crippen molar-refractivity contribution in [2.75, 3.05) is 19.6 Å². The zero-order chi connectivity index (χ0) is 18.6. The molecular weight excluding hydrogens is 357 g/mol. The maximum Gasteiger partial charge on any atom is 0.256 e. The summed E-state index contributed by atoms with van der Waals surface area (Å²) in [5.41, 5.74) is 2.42. The number of sulfonamides is 1. The van der Waals surface area contributed by atoms with Crippen LogP contribution in [0.25, 0.3) is 0 Å². The Morgan fingerprint density at radius 3 is 2.69 bits per heavy atom. The van der Waals surface area contributed by atoms with E-state index >= 15 is 0 Å². The zero-order valence-corrected chi connectivity index (χ0v) is 15.3. The monoisotopic (exact) mass is 375 g/mol. The van der Waals surface area contributed by atoms with Gasteiger partial charge < -0.3 is 4.90 Å². The molecule has 0 N–H and O–H groups in total. The Kier molecular flexibility index (Phi) is 3.85. The van der Waals surface area contributed by atoms with Crippen molar-refractivity contribution in [3.05, 3.63) is 58.7 Å². The molecule has 0 spiro atoms. The van der Waals surface area contributed by atoms with Crippen LogP contribution in [0.1, 0.15) is 33.2 Å². The lowest BCUT2D eigenvalue weighted by atomic mass is 10.0. The van der Waals surface area contributed by atoms with Crippen molar-refractivity contribution in [2.24, 2.45) is 0 Å². The van der Waals surface area contributed by atoms with Gasteiger partial charge in [-0.1, -0.05) is 0 Å². The molecular formula is C18H18FN3O3S. The highest BCUT2D eigenvalue weighted by atomic mass is 32.2. The molecule has 1 fully saturated rings. The molecule has 2 aliphatic rings. The fourth-order valence-electron chi connectivity index (χ4n) is 3.81. The van der Waals surface area contributed by atoms with E-state index in [4.69, 9.17) is 0 Å². The molecule has 1 atom stereocenters. The molecule has 8 heteroatoms. The molecule has 3 heterocycles. The van der Waals surface area contributed by atoms with Gasteiger partial charge in [-0.15, -0.1) is 0 Å². The summed E-state index contributed by atoms with van der Waals surface area (Å²) in [6.45, 7) is 4.07. The summed E-state index contributed by atoms with van der Waals surface area (Å²) in [5, 5.41) is 0. The molecule has 136 valence electrons. The van der Waals surface area contributed by atoms with E-state index in [9.17, 15) is 17.6 Å². The SMILES string of the molecule is Cc1cc(F)ccc1S(=O)(=O)N1CCN2C(=O)c3c(ccnc3C)C2C1. The van der Waals surface area contributed by atoms with Crippen LogP contribution in [0.4, 0.5) is 4.39 Å². The fraction of sp³-hybridized carbons (Fsp3) is 0.333. The van der Waals surface area contributed by atoms with Crippen LogP contribution in [0, 0.1) is 19.7 Å². The fourth-order valence-corrected chi connectivity index (χ4v) is 5.46. The van der Waals surface area contributed by atoms with Crippen LogP contribution in [0.3, 0.4) is 0 Å². The first-order valence-electron chi connectivity index (χ1n) is 8.33. The molecule has 1 aromatic carbocycles. The van der Waals surface area contributed by atoms with Crippen LogP contribution < -0.4 is 0 Å². The van der Waals surface area contributed by atoms with Gasteiger partial charge in [0.2, 0.25) is 10.0 Å². The Bertz CT molecular complexity index is 1020. The van der Waals surface area contributed by atoms with Crippen LogP contribution in [0.15, 0.2) is 35.4 Å². The van der Waals surface area contributed by atoms with Crippen molar-refractivity contribution < 1.29 is 17.6 Å². The number of hydrogen-bond donors (Lipinski definition) is 0. The van der Waals surface area contributed by atoms with Crippen LogP contribution in [-0.4, -0.2) is 48.1 Å². The molecule has 2 aromatic rings. The Labute approximate surface area is 151 Å². The summed E-state index contributed by atoms with van der Waals surface area (Å²) >= 11 is 0. The highest BCUT2D eigenvalue weighted by Crippen LogP contribution is 2.38. The van der Waals surface area contributed by atoms with E-state index in [1.807, 2.05) is 0 Å². The maximum atomic E-state index is 13.3. The number of halogens is 1. The van der Waals surface area contributed by atoms with Crippen molar-refractivity contribution in [1.29, 1.82) is 0 Å². The van der Waals surface area contributed by atoms with Crippen LogP contribution in [0.2, 0.25) is 0 Å². The third-order valence-corrected chi connectivity index (χ3v) is 7.13. The van der Waals surface area contributed by atoms with Gasteiger partial charge in [-0.2, -0.15) is 4.31 Å². The zero-order valence-electron chi connectivity index (χ0n) is 14.4. The smallest absolute Gasteiger partial charge is 0.256 e. The molecule has 0 saturated carbocycles. The minimum Gasteiger partial charge on any atom is -0.329 e. The summed E-state index contributed by atoms with van der Waals surface area (Å²) < 4.78 is 40.8. The number of fused-ring (bicyclic) bond motifs is 3. The first kappa shape index (κ1) is 17.1. The van der Waals surface area contributed by atoms with Crippen LogP contribution in [0.5, 0.6) is 0 Å². The minimum atomic E-state index is -3.77. The lowest BCUT2D eigenvalue weighted by Crippen LogP contribution is -2.49. The Morgan fingerprint density at radius 1 is 1.19 bits per heavy atom. The summed E-state index contributed by atoms with van der Waals surface area (Å²) in [5.74, 6) is -0.560. The van der Waals surface area contributed by atoms with E-state index in [0.717, 1.165) is 11.6 Å². The largest absolute Gasteiger partial charge is 0.329 e. The number of carbonyl (C=O) groups excluding carboxylic acids is 1. The summed E-state index contributed by atoms with van der Waals surface area (Å²) in [4.78, 5) is 18.6. The lowest BCUT2D eigenvalue weighted by molar-refractivity contribution is 0.0628. The first-order chi connectivity index (χ1) is 12.3. The molecule has 6 nitrogen and oxygen atoms in total.